The second kappa shape index (κ2) is 3.76. The zero-order chi connectivity index (χ0) is 8.93. The van der Waals surface area contributed by atoms with Gasteiger partial charge in [-0.25, -0.2) is 0 Å². The van der Waals surface area contributed by atoms with Gasteiger partial charge in [0.15, 0.2) is 0 Å². The summed E-state index contributed by atoms with van der Waals surface area (Å²) in [5.41, 5.74) is 1.10. The van der Waals surface area contributed by atoms with Crippen LogP contribution in [-0.4, -0.2) is 5.16 Å². The molecule has 0 spiro atoms. The molecule has 1 radical (unpaired) electrons. The van der Waals surface area contributed by atoms with Crippen LogP contribution < -0.4 is 4.74 Å². The number of rotatable bonds is 3. The van der Waals surface area contributed by atoms with E-state index in [1.54, 1.807) is 6.07 Å². The highest BCUT2D eigenvalue weighted by Crippen LogP contribution is 2.07. The van der Waals surface area contributed by atoms with Gasteiger partial charge >= 0.3 is 0 Å². The summed E-state index contributed by atoms with van der Waals surface area (Å²) in [5, 5.41) is 3.58. The Labute approximate surface area is 75.9 Å². The summed E-state index contributed by atoms with van der Waals surface area (Å²) in [6.07, 6.45) is 2.45. The van der Waals surface area contributed by atoms with Gasteiger partial charge in [0.2, 0.25) is 6.26 Å². The Balaban J connectivity index is 1.94. The fraction of sp³-hybridized carbons (Fsp3) is 0.100. The molecule has 1 aromatic carbocycles. The van der Waals surface area contributed by atoms with Crippen LogP contribution in [0.4, 0.5) is 0 Å². The van der Waals surface area contributed by atoms with Gasteiger partial charge < -0.3 is 9.26 Å². The van der Waals surface area contributed by atoms with Crippen molar-refractivity contribution in [3.8, 4) is 5.88 Å². The SMILES string of the molecule is [c]1cc(OCc2ccccc2)no1. The first-order chi connectivity index (χ1) is 6.45. The molecule has 3 nitrogen and oxygen atoms in total. The third-order valence-electron chi connectivity index (χ3n) is 1.60. The fourth-order valence-corrected chi connectivity index (χ4v) is 0.974. The van der Waals surface area contributed by atoms with E-state index in [1.165, 1.54) is 0 Å². The normalized spacial score (nSPS) is 9.85. The second-order valence-electron chi connectivity index (χ2n) is 2.56. The molecule has 3 heteroatoms. The molecule has 0 bridgehead atoms. The molecule has 0 atom stereocenters. The number of aromatic nitrogens is 1. The number of hydrogen-bond donors (Lipinski definition) is 0. The molecule has 0 N–H and O–H groups in total. The Hall–Kier alpha value is -1.77. The van der Waals surface area contributed by atoms with E-state index in [4.69, 9.17) is 4.74 Å². The number of nitrogens with zero attached hydrogens (tertiary/aromatic N) is 1. The molecule has 1 heterocycles. The zero-order valence-electron chi connectivity index (χ0n) is 6.93. The molecular weight excluding hydrogens is 166 g/mol. The monoisotopic (exact) mass is 174 g/mol. The summed E-state index contributed by atoms with van der Waals surface area (Å²) in [6, 6.07) is 11.4. The van der Waals surface area contributed by atoms with Crippen molar-refractivity contribution < 1.29 is 9.26 Å². The van der Waals surface area contributed by atoms with Gasteiger partial charge in [-0.2, -0.15) is 0 Å². The van der Waals surface area contributed by atoms with Crippen LogP contribution in [0.15, 0.2) is 40.9 Å². The van der Waals surface area contributed by atoms with Gasteiger partial charge in [0.1, 0.15) is 6.61 Å². The van der Waals surface area contributed by atoms with Gasteiger partial charge in [-0.3, -0.25) is 0 Å². The predicted octanol–water partition coefficient (Wildman–Crippen LogP) is 2.05. The zero-order valence-corrected chi connectivity index (χ0v) is 6.93. The number of hydrogen-bond acceptors (Lipinski definition) is 3. The Kier molecular flexibility index (Phi) is 2.27. The van der Waals surface area contributed by atoms with Gasteiger partial charge in [0.05, 0.1) is 6.07 Å². The third-order valence-corrected chi connectivity index (χ3v) is 1.60. The van der Waals surface area contributed by atoms with Crippen LogP contribution >= 0.6 is 0 Å². The van der Waals surface area contributed by atoms with E-state index >= 15 is 0 Å². The smallest absolute Gasteiger partial charge is 0.255 e. The molecule has 0 fully saturated rings. The van der Waals surface area contributed by atoms with Crippen molar-refractivity contribution >= 4 is 0 Å². The van der Waals surface area contributed by atoms with Crippen LogP contribution in [0.25, 0.3) is 0 Å². The molecular formula is C10H8NO2. The molecule has 0 amide bonds. The van der Waals surface area contributed by atoms with Gasteiger partial charge in [-0.1, -0.05) is 30.3 Å². The van der Waals surface area contributed by atoms with Crippen molar-refractivity contribution in [2.75, 3.05) is 0 Å². The standard InChI is InChI=1S/C10H8NO2/c1-2-4-9(5-3-1)8-12-10-6-7-13-11-10/h1-6H,8H2. The molecule has 0 aliphatic rings. The maximum atomic E-state index is 5.30. The minimum Gasteiger partial charge on any atom is -0.471 e. The molecule has 0 aliphatic heterocycles. The quantitative estimate of drug-likeness (QED) is 0.714. The lowest BCUT2D eigenvalue weighted by atomic mass is 10.2. The topological polar surface area (TPSA) is 35.3 Å². The molecule has 1 aromatic heterocycles. The van der Waals surface area contributed by atoms with E-state index in [9.17, 15) is 0 Å². The van der Waals surface area contributed by atoms with Gasteiger partial charge in [-0.15, -0.1) is 0 Å². The molecule has 0 unspecified atom stereocenters. The molecule has 0 aliphatic carbocycles. The summed E-state index contributed by atoms with van der Waals surface area (Å²) < 4.78 is 9.80. The summed E-state index contributed by atoms with van der Waals surface area (Å²) >= 11 is 0. The van der Waals surface area contributed by atoms with Gasteiger partial charge in [0, 0.05) is 0 Å². The first-order valence-electron chi connectivity index (χ1n) is 3.94. The summed E-state index contributed by atoms with van der Waals surface area (Å²) in [7, 11) is 0. The van der Waals surface area contributed by atoms with Crippen molar-refractivity contribution in [2.45, 2.75) is 6.61 Å². The molecule has 0 saturated heterocycles. The lowest BCUT2D eigenvalue weighted by molar-refractivity contribution is 0.268. The van der Waals surface area contributed by atoms with E-state index in [2.05, 4.69) is 15.9 Å². The lowest BCUT2D eigenvalue weighted by Gasteiger charge is -2.00. The van der Waals surface area contributed by atoms with E-state index in [1.807, 2.05) is 30.3 Å². The average molecular weight is 174 g/mol. The first-order valence-corrected chi connectivity index (χ1v) is 3.94. The van der Waals surface area contributed by atoms with E-state index in [0.29, 0.717) is 12.5 Å². The number of ether oxygens (including phenoxy) is 1. The Morgan fingerprint density at radius 2 is 2.15 bits per heavy atom. The summed E-state index contributed by atoms with van der Waals surface area (Å²) in [4.78, 5) is 0. The number of benzene rings is 1. The first kappa shape index (κ1) is 7.86. The van der Waals surface area contributed by atoms with Crippen molar-refractivity contribution in [3.05, 3.63) is 48.2 Å². The van der Waals surface area contributed by atoms with Gasteiger partial charge in [-0.05, 0) is 10.7 Å². The highest BCUT2D eigenvalue weighted by molar-refractivity contribution is 5.14. The van der Waals surface area contributed by atoms with E-state index in [0.717, 1.165) is 5.56 Å². The Morgan fingerprint density at radius 1 is 1.31 bits per heavy atom. The van der Waals surface area contributed by atoms with Crippen LogP contribution in [0.2, 0.25) is 0 Å². The van der Waals surface area contributed by atoms with Crippen LogP contribution in [0.5, 0.6) is 5.88 Å². The molecule has 65 valence electrons. The van der Waals surface area contributed by atoms with Crippen LogP contribution in [0, 0.1) is 6.26 Å². The van der Waals surface area contributed by atoms with Gasteiger partial charge in [0.25, 0.3) is 5.88 Å². The molecule has 2 aromatic rings. The van der Waals surface area contributed by atoms with Crippen molar-refractivity contribution in [2.24, 2.45) is 0 Å². The highest BCUT2D eigenvalue weighted by atomic mass is 16.5. The minimum absolute atomic E-state index is 0.462. The molecule has 2 rings (SSSR count). The van der Waals surface area contributed by atoms with Crippen LogP contribution in [0.1, 0.15) is 5.56 Å². The Morgan fingerprint density at radius 3 is 2.85 bits per heavy atom. The lowest BCUT2D eigenvalue weighted by Crippen LogP contribution is -1.94. The minimum atomic E-state index is 0.462. The maximum Gasteiger partial charge on any atom is 0.255 e. The van der Waals surface area contributed by atoms with Crippen LogP contribution in [0.3, 0.4) is 0 Å². The summed E-state index contributed by atoms with van der Waals surface area (Å²) in [5.74, 6) is 0.462. The van der Waals surface area contributed by atoms with Crippen molar-refractivity contribution in [3.63, 3.8) is 0 Å². The summed E-state index contributed by atoms with van der Waals surface area (Å²) in [6.45, 7) is 0.501. The molecule has 13 heavy (non-hydrogen) atoms. The average Bonchev–Trinajstić information content (AvgIpc) is 2.69. The fourth-order valence-electron chi connectivity index (χ4n) is 0.974. The second-order valence-corrected chi connectivity index (χ2v) is 2.56. The maximum absolute atomic E-state index is 5.30. The van der Waals surface area contributed by atoms with Crippen molar-refractivity contribution in [1.29, 1.82) is 0 Å². The predicted molar refractivity (Wildman–Crippen MR) is 46.1 cm³/mol. The largest absolute Gasteiger partial charge is 0.471 e. The van der Waals surface area contributed by atoms with Crippen LogP contribution in [-0.2, 0) is 6.61 Å². The third kappa shape index (κ3) is 2.08. The molecule has 0 saturated carbocycles. The van der Waals surface area contributed by atoms with E-state index < -0.39 is 0 Å². The van der Waals surface area contributed by atoms with E-state index in [-0.39, 0.29) is 0 Å². The highest BCUT2D eigenvalue weighted by Gasteiger charge is 1.97. The Bertz CT molecular complexity index is 342. The van der Waals surface area contributed by atoms with Crippen molar-refractivity contribution in [1.82, 2.24) is 5.16 Å².